The molecule has 0 aliphatic carbocycles. The number of carboxylic acid groups (broad SMARTS) is 1. The number of aromatic carboxylic acids is 1. The fourth-order valence-corrected chi connectivity index (χ4v) is 5.10. The molecule has 1 aromatic carbocycles. The molecule has 0 amide bonds. The number of rotatable bonds is 4. The fourth-order valence-electron chi connectivity index (χ4n) is 5.10. The number of H-pyrrole nitrogens is 1. The quantitative estimate of drug-likeness (QED) is 0.342. The zero-order valence-corrected chi connectivity index (χ0v) is 20.1. The molecule has 0 atom stereocenters. The summed E-state index contributed by atoms with van der Waals surface area (Å²) in [5.74, 6) is -1.68. The number of pyridine rings is 3. The molecular weight excluding hydrogens is 479 g/mol. The topological polar surface area (TPSA) is 125 Å². The molecule has 6 rings (SSSR count). The van der Waals surface area contributed by atoms with Crippen molar-refractivity contribution < 1.29 is 19.0 Å². The third-order valence-corrected chi connectivity index (χ3v) is 6.82. The highest BCUT2D eigenvalue weighted by Crippen LogP contribution is 2.42. The first-order valence-electron chi connectivity index (χ1n) is 11.7. The van der Waals surface area contributed by atoms with E-state index in [-0.39, 0.29) is 16.8 Å². The Labute approximate surface area is 209 Å². The molecule has 0 spiro atoms. The van der Waals surface area contributed by atoms with E-state index in [4.69, 9.17) is 4.74 Å². The maximum atomic E-state index is 14.6. The second kappa shape index (κ2) is 8.56. The first kappa shape index (κ1) is 22.9. The Bertz CT molecular complexity index is 1790. The molecule has 0 radical (unpaired) electrons. The van der Waals surface area contributed by atoms with Gasteiger partial charge in [-0.15, -0.1) is 0 Å². The lowest BCUT2D eigenvalue weighted by Crippen LogP contribution is -2.36. The number of halogens is 1. The molecule has 3 N–H and O–H groups in total. The van der Waals surface area contributed by atoms with Crippen LogP contribution in [0.1, 0.15) is 10.4 Å². The molecule has 0 bridgehead atoms. The zero-order valence-electron chi connectivity index (χ0n) is 20.1. The Kier molecular flexibility index (Phi) is 5.30. The van der Waals surface area contributed by atoms with E-state index in [1.54, 1.807) is 32.6 Å². The number of nitrogens with zero attached hydrogens (tertiary/aromatic N) is 4. The van der Waals surface area contributed by atoms with Gasteiger partial charge in [0.1, 0.15) is 22.7 Å². The van der Waals surface area contributed by atoms with Gasteiger partial charge in [0, 0.05) is 62.3 Å². The van der Waals surface area contributed by atoms with Gasteiger partial charge in [-0.2, -0.15) is 0 Å². The van der Waals surface area contributed by atoms with Crippen molar-refractivity contribution in [2.45, 2.75) is 0 Å². The van der Waals surface area contributed by atoms with Crippen molar-refractivity contribution in [1.29, 1.82) is 0 Å². The SMILES string of the molecule is CNc1cc(F)cc2c1[nH]c1ncc(-c3cnc4c(c3)c(=O)c(C(=O)O)cn4C)c(N3CCOCC3)c12. The fraction of sp³-hybridized carbons (Fsp3) is 0.231. The maximum Gasteiger partial charge on any atom is 0.341 e. The van der Waals surface area contributed by atoms with Crippen LogP contribution < -0.4 is 15.6 Å². The second-order valence-corrected chi connectivity index (χ2v) is 8.98. The molecule has 0 saturated carbocycles. The lowest BCUT2D eigenvalue weighted by Gasteiger charge is -2.31. The Morgan fingerprint density at radius 2 is 1.95 bits per heavy atom. The minimum atomic E-state index is -1.30. The van der Waals surface area contributed by atoms with Crippen LogP contribution in [-0.4, -0.2) is 63.9 Å². The first-order valence-corrected chi connectivity index (χ1v) is 11.7. The molecule has 10 nitrogen and oxygen atoms in total. The number of aromatic nitrogens is 4. The van der Waals surface area contributed by atoms with Gasteiger partial charge >= 0.3 is 5.97 Å². The van der Waals surface area contributed by atoms with E-state index in [0.717, 1.165) is 16.6 Å². The number of hydrogen-bond donors (Lipinski definition) is 3. The van der Waals surface area contributed by atoms with E-state index in [9.17, 15) is 19.1 Å². The molecule has 5 aromatic rings. The van der Waals surface area contributed by atoms with Gasteiger partial charge in [-0.05, 0) is 18.2 Å². The maximum absolute atomic E-state index is 14.6. The molecule has 4 aromatic heterocycles. The summed E-state index contributed by atoms with van der Waals surface area (Å²) in [5.41, 5.74) is 3.49. The molecule has 37 heavy (non-hydrogen) atoms. The van der Waals surface area contributed by atoms with Gasteiger partial charge in [0.15, 0.2) is 0 Å². The standard InChI is InChI=1S/C26H23FN6O4/c1-28-19-9-14(27)8-15-20-22(33-3-5-37-6-4-33)17(11-29-24(20)31-21(15)19)13-7-16-23(34)18(26(35)36)12-32(2)25(16)30-10-13/h7-12,28H,3-6H2,1-2H3,(H,29,31)(H,35,36). The van der Waals surface area contributed by atoms with E-state index in [0.29, 0.717) is 59.8 Å². The number of aromatic amines is 1. The van der Waals surface area contributed by atoms with Crippen molar-refractivity contribution in [3.63, 3.8) is 0 Å². The molecule has 188 valence electrons. The lowest BCUT2D eigenvalue weighted by atomic mass is 10.0. The van der Waals surface area contributed by atoms with Crippen molar-refractivity contribution in [1.82, 2.24) is 19.5 Å². The summed E-state index contributed by atoms with van der Waals surface area (Å²) in [6.45, 7) is 2.28. The van der Waals surface area contributed by atoms with Crippen LogP contribution in [0.2, 0.25) is 0 Å². The van der Waals surface area contributed by atoms with Gasteiger partial charge < -0.3 is 29.6 Å². The average molecular weight is 503 g/mol. The highest BCUT2D eigenvalue weighted by molar-refractivity contribution is 6.17. The Morgan fingerprint density at radius 1 is 1.16 bits per heavy atom. The third kappa shape index (κ3) is 3.58. The van der Waals surface area contributed by atoms with Gasteiger partial charge in [0.25, 0.3) is 0 Å². The number of fused-ring (bicyclic) bond motifs is 4. The Morgan fingerprint density at radius 3 is 2.68 bits per heavy atom. The molecule has 1 fully saturated rings. The summed E-state index contributed by atoms with van der Waals surface area (Å²) in [6, 6.07) is 4.56. The minimum absolute atomic E-state index is 0.190. The largest absolute Gasteiger partial charge is 0.477 e. The minimum Gasteiger partial charge on any atom is -0.477 e. The van der Waals surface area contributed by atoms with Crippen molar-refractivity contribution in [3.8, 4) is 11.1 Å². The van der Waals surface area contributed by atoms with Gasteiger partial charge in [-0.3, -0.25) is 4.79 Å². The molecule has 11 heteroatoms. The Hall–Kier alpha value is -4.51. The smallest absolute Gasteiger partial charge is 0.341 e. The number of morpholine rings is 1. The third-order valence-electron chi connectivity index (χ3n) is 6.82. The van der Waals surface area contributed by atoms with Crippen molar-refractivity contribution in [2.24, 2.45) is 7.05 Å². The van der Waals surface area contributed by atoms with E-state index in [2.05, 4.69) is 25.2 Å². The molecule has 1 aliphatic rings. The molecule has 5 heterocycles. The molecule has 0 unspecified atom stereocenters. The van der Waals surface area contributed by atoms with Gasteiger partial charge in [0.05, 0.1) is 40.9 Å². The van der Waals surface area contributed by atoms with Crippen molar-refractivity contribution in [2.75, 3.05) is 43.6 Å². The number of hydrogen-bond acceptors (Lipinski definition) is 7. The van der Waals surface area contributed by atoms with Crippen LogP contribution in [0.5, 0.6) is 0 Å². The summed E-state index contributed by atoms with van der Waals surface area (Å²) in [5, 5.41) is 14.2. The number of nitrogens with one attached hydrogen (secondary N) is 2. The van der Waals surface area contributed by atoms with Gasteiger partial charge in [-0.25, -0.2) is 19.2 Å². The van der Waals surface area contributed by atoms with E-state index >= 15 is 0 Å². The van der Waals surface area contributed by atoms with Crippen LogP contribution in [0.15, 0.2) is 41.6 Å². The van der Waals surface area contributed by atoms with Gasteiger partial charge in [0.2, 0.25) is 5.43 Å². The number of carboxylic acids is 1. The first-order chi connectivity index (χ1) is 17.9. The highest BCUT2D eigenvalue weighted by atomic mass is 19.1. The number of carbonyl (C=O) groups is 1. The van der Waals surface area contributed by atoms with E-state index in [1.165, 1.54) is 22.9 Å². The Balaban J connectivity index is 1.69. The lowest BCUT2D eigenvalue weighted by molar-refractivity contribution is 0.0695. The van der Waals surface area contributed by atoms with Crippen LogP contribution in [0.3, 0.4) is 0 Å². The van der Waals surface area contributed by atoms with Crippen LogP contribution in [-0.2, 0) is 11.8 Å². The zero-order chi connectivity index (χ0) is 25.8. The van der Waals surface area contributed by atoms with Crippen LogP contribution in [0.4, 0.5) is 15.8 Å². The van der Waals surface area contributed by atoms with Crippen LogP contribution in [0, 0.1) is 5.82 Å². The number of ether oxygens (including phenoxy) is 1. The molecule has 1 saturated heterocycles. The van der Waals surface area contributed by atoms with Gasteiger partial charge in [-0.1, -0.05) is 0 Å². The number of aryl methyl sites for hydroxylation is 1. The van der Waals surface area contributed by atoms with Crippen molar-refractivity contribution >= 4 is 50.3 Å². The summed E-state index contributed by atoms with van der Waals surface area (Å²) >= 11 is 0. The summed E-state index contributed by atoms with van der Waals surface area (Å²) in [4.78, 5) is 39.3. The summed E-state index contributed by atoms with van der Waals surface area (Å²) in [6.07, 6.45) is 4.61. The predicted molar refractivity (Wildman–Crippen MR) is 139 cm³/mol. The van der Waals surface area contributed by atoms with Crippen LogP contribution >= 0.6 is 0 Å². The monoisotopic (exact) mass is 502 g/mol. The molecular formula is C26H23FN6O4. The second-order valence-electron chi connectivity index (χ2n) is 8.98. The summed E-state index contributed by atoms with van der Waals surface area (Å²) < 4.78 is 21.7. The average Bonchev–Trinajstić information content (AvgIpc) is 3.28. The van der Waals surface area contributed by atoms with E-state index in [1.807, 2.05) is 0 Å². The highest BCUT2D eigenvalue weighted by Gasteiger charge is 2.24. The number of anilines is 2. The van der Waals surface area contributed by atoms with Crippen molar-refractivity contribution in [3.05, 3.63) is 58.4 Å². The predicted octanol–water partition coefficient (Wildman–Crippen LogP) is 3.35. The molecule has 1 aliphatic heterocycles. The summed E-state index contributed by atoms with van der Waals surface area (Å²) in [7, 11) is 3.38. The van der Waals surface area contributed by atoms with E-state index < -0.39 is 11.4 Å². The normalized spacial score (nSPS) is 14.1. The number of benzene rings is 1. The van der Waals surface area contributed by atoms with Crippen LogP contribution in [0.25, 0.3) is 44.1 Å².